The quantitative estimate of drug-likeness (QED) is 0.754. The molecule has 4 nitrogen and oxygen atoms in total. The molecule has 0 aromatic heterocycles. The molecule has 0 saturated heterocycles. The van der Waals surface area contributed by atoms with E-state index in [0.717, 1.165) is 12.2 Å². The van der Waals surface area contributed by atoms with Crippen LogP contribution >= 0.6 is 0 Å². The Bertz CT molecular complexity index is 497. The molecule has 21 heavy (non-hydrogen) atoms. The van der Waals surface area contributed by atoms with Gasteiger partial charge in [-0.3, -0.25) is 4.79 Å². The first-order valence-corrected chi connectivity index (χ1v) is 7.69. The van der Waals surface area contributed by atoms with Gasteiger partial charge in [0.25, 0.3) is 0 Å². The lowest BCUT2D eigenvalue weighted by atomic mass is 9.94. The lowest BCUT2D eigenvalue weighted by Crippen LogP contribution is -2.41. The second kappa shape index (κ2) is 6.48. The maximum Gasteiger partial charge on any atom is 0.220 e. The van der Waals surface area contributed by atoms with Gasteiger partial charge >= 0.3 is 0 Å². The molecule has 1 aliphatic heterocycles. The molecule has 0 radical (unpaired) electrons. The number of para-hydroxylation sites is 1. The lowest BCUT2D eigenvalue weighted by Gasteiger charge is -2.25. The van der Waals surface area contributed by atoms with Crippen molar-refractivity contribution >= 4 is 11.6 Å². The van der Waals surface area contributed by atoms with Gasteiger partial charge in [0.1, 0.15) is 0 Å². The van der Waals surface area contributed by atoms with Crippen molar-refractivity contribution in [1.82, 2.24) is 5.32 Å². The van der Waals surface area contributed by atoms with Gasteiger partial charge in [-0.2, -0.15) is 0 Å². The minimum absolute atomic E-state index is 0.00235. The highest BCUT2D eigenvalue weighted by Gasteiger charge is 2.26. The average Bonchev–Trinajstić information content (AvgIpc) is 2.79. The monoisotopic (exact) mass is 290 g/mol. The second-order valence-corrected chi connectivity index (χ2v) is 6.74. The Hall–Kier alpha value is -1.55. The van der Waals surface area contributed by atoms with Crippen molar-refractivity contribution in [2.75, 3.05) is 18.4 Å². The van der Waals surface area contributed by atoms with E-state index in [9.17, 15) is 9.90 Å². The highest BCUT2D eigenvalue weighted by Crippen LogP contribution is 2.33. The summed E-state index contributed by atoms with van der Waals surface area (Å²) in [6.45, 7) is 7.02. The van der Waals surface area contributed by atoms with Crippen LogP contribution in [0.3, 0.4) is 0 Å². The Labute approximate surface area is 126 Å². The van der Waals surface area contributed by atoms with Crippen LogP contribution in [-0.4, -0.2) is 29.7 Å². The van der Waals surface area contributed by atoms with Crippen molar-refractivity contribution in [2.45, 2.75) is 45.1 Å². The molecule has 0 saturated carbocycles. The Morgan fingerprint density at radius 2 is 2.19 bits per heavy atom. The summed E-state index contributed by atoms with van der Waals surface area (Å²) in [5.41, 5.74) is 1.50. The molecule has 1 aromatic carbocycles. The number of amides is 1. The molecule has 1 amide bonds. The summed E-state index contributed by atoms with van der Waals surface area (Å²) in [6.07, 6.45) is 1.14. The van der Waals surface area contributed by atoms with Gasteiger partial charge in [0.05, 0.1) is 5.60 Å². The summed E-state index contributed by atoms with van der Waals surface area (Å²) in [5.74, 6) is 0.626. The van der Waals surface area contributed by atoms with E-state index in [-0.39, 0.29) is 11.8 Å². The maximum atomic E-state index is 12.1. The fraction of sp³-hybridized carbons (Fsp3) is 0.588. The molecule has 2 atom stereocenters. The number of hydrogen-bond acceptors (Lipinski definition) is 3. The molecular weight excluding hydrogens is 264 g/mol. The van der Waals surface area contributed by atoms with Crippen LogP contribution in [0.2, 0.25) is 0 Å². The zero-order valence-corrected chi connectivity index (χ0v) is 13.1. The number of rotatable bonds is 6. The van der Waals surface area contributed by atoms with Crippen LogP contribution in [0.25, 0.3) is 0 Å². The van der Waals surface area contributed by atoms with Crippen molar-refractivity contribution in [3.05, 3.63) is 29.8 Å². The molecule has 4 heteroatoms. The Kier molecular flexibility index (Phi) is 4.88. The zero-order chi connectivity index (χ0) is 15.5. The summed E-state index contributed by atoms with van der Waals surface area (Å²) in [5, 5.41) is 16.4. The molecule has 116 valence electrons. The van der Waals surface area contributed by atoms with Crippen LogP contribution in [0.15, 0.2) is 24.3 Å². The van der Waals surface area contributed by atoms with Crippen molar-refractivity contribution in [3.8, 4) is 0 Å². The van der Waals surface area contributed by atoms with Gasteiger partial charge in [0.15, 0.2) is 0 Å². The van der Waals surface area contributed by atoms with E-state index in [1.807, 2.05) is 18.2 Å². The van der Waals surface area contributed by atoms with E-state index in [4.69, 9.17) is 0 Å². The predicted octanol–water partition coefficient (Wildman–Crippen LogP) is 2.50. The van der Waals surface area contributed by atoms with Gasteiger partial charge in [-0.25, -0.2) is 0 Å². The van der Waals surface area contributed by atoms with Crippen molar-refractivity contribution < 1.29 is 9.90 Å². The molecule has 1 heterocycles. The van der Waals surface area contributed by atoms with Gasteiger partial charge in [-0.15, -0.1) is 0 Å². The van der Waals surface area contributed by atoms with Crippen LogP contribution in [0.1, 0.15) is 45.1 Å². The third kappa shape index (κ3) is 4.46. The van der Waals surface area contributed by atoms with E-state index < -0.39 is 5.60 Å². The van der Waals surface area contributed by atoms with Crippen molar-refractivity contribution in [2.24, 2.45) is 5.92 Å². The number of carbonyl (C=O) groups excluding carboxylic acids is 1. The standard InChI is InChI=1S/C17H26N2O2/c1-12(2)9-17(3,21)11-19-16(20)8-13-10-18-15-7-5-4-6-14(13)15/h4-7,12-13,18,21H,8-11H2,1-3H3,(H,19,20). The van der Waals surface area contributed by atoms with Gasteiger partial charge in [0.2, 0.25) is 5.91 Å². The molecular formula is C17H26N2O2. The Balaban J connectivity index is 1.84. The smallest absolute Gasteiger partial charge is 0.220 e. The first-order valence-electron chi connectivity index (χ1n) is 7.69. The molecule has 0 aliphatic carbocycles. The number of hydrogen-bond donors (Lipinski definition) is 3. The van der Waals surface area contributed by atoms with Gasteiger partial charge in [-0.05, 0) is 30.9 Å². The van der Waals surface area contributed by atoms with E-state index in [1.54, 1.807) is 6.92 Å². The largest absolute Gasteiger partial charge is 0.388 e. The van der Waals surface area contributed by atoms with E-state index in [1.165, 1.54) is 5.56 Å². The highest BCUT2D eigenvalue weighted by molar-refractivity contribution is 5.78. The molecule has 1 aliphatic rings. The van der Waals surface area contributed by atoms with Gasteiger partial charge < -0.3 is 15.7 Å². The van der Waals surface area contributed by atoms with Crippen LogP contribution < -0.4 is 10.6 Å². The summed E-state index contributed by atoms with van der Waals surface area (Å²) >= 11 is 0. The summed E-state index contributed by atoms with van der Waals surface area (Å²) in [6, 6.07) is 8.12. The fourth-order valence-corrected chi connectivity index (χ4v) is 3.08. The molecule has 0 bridgehead atoms. The molecule has 1 aromatic rings. The van der Waals surface area contributed by atoms with Crippen molar-refractivity contribution in [1.29, 1.82) is 0 Å². The van der Waals surface area contributed by atoms with E-state index >= 15 is 0 Å². The molecule has 3 N–H and O–H groups in total. The van der Waals surface area contributed by atoms with E-state index in [2.05, 4.69) is 30.5 Å². The van der Waals surface area contributed by atoms with E-state index in [0.29, 0.717) is 25.3 Å². The number of anilines is 1. The normalized spacial score (nSPS) is 19.8. The number of carbonyl (C=O) groups is 1. The Morgan fingerprint density at radius 3 is 2.90 bits per heavy atom. The first-order chi connectivity index (χ1) is 9.87. The van der Waals surface area contributed by atoms with Crippen LogP contribution in [-0.2, 0) is 4.79 Å². The van der Waals surface area contributed by atoms with Crippen LogP contribution in [0, 0.1) is 5.92 Å². The minimum atomic E-state index is -0.838. The first kappa shape index (κ1) is 15.8. The molecule has 2 rings (SSSR count). The predicted molar refractivity (Wildman–Crippen MR) is 85.4 cm³/mol. The van der Waals surface area contributed by atoms with Crippen LogP contribution in [0.4, 0.5) is 5.69 Å². The fourth-order valence-electron chi connectivity index (χ4n) is 3.08. The minimum Gasteiger partial charge on any atom is -0.388 e. The summed E-state index contributed by atoms with van der Waals surface area (Å²) < 4.78 is 0. The number of fused-ring (bicyclic) bond motifs is 1. The number of benzene rings is 1. The molecule has 0 spiro atoms. The van der Waals surface area contributed by atoms with Crippen molar-refractivity contribution in [3.63, 3.8) is 0 Å². The third-order valence-electron chi connectivity index (χ3n) is 3.89. The second-order valence-electron chi connectivity index (χ2n) is 6.74. The summed E-state index contributed by atoms with van der Waals surface area (Å²) in [4.78, 5) is 12.1. The molecule has 0 fully saturated rings. The SMILES string of the molecule is CC(C)CC(C)(O)CNC(=O)CC1CNc2ccccc21. The van der Waals surface area contributed by atoms with Gasteiger partial charge in [0, 0.05) is 31.1 Å². The highest BCUT2D eigenvalue weighted by atomic mass is 16.3. The average molecular weight is 290 g/mol. The maximum absolute atomic E-state index is 12.1. The topological polar surface area (TPSA) is 61.4 Å². The third-order valence-corrected chi connectivity index (χ3v) is 3.89. The molecule has 2 unspecified atom stereocenters. The number of nitrogens with one attached hydrogen (secondary N) is 2. The summed E-state index contributed by atoms with van der Waals surface area (Å²) in [7, 11) is 0. The van der Waals surface area contributed by atoms with Crippen LogP contribution in [0.5, 0.6) is 0 Å². The van der Waals surface area contributed by atoms with Gasteiger partial charge in [-0.1, -0.05) is 32.0 Å². The lowest BCUT2D eigenvalue weighted by molar-refractivity contribution is -0.122. The Morgan fingerprint density at radius 1 is 1.48 bits per heavy atom. The number of aliphatic hydroxyl groups is 1. The zero-order valence-electron chi connectivity index (χ0n) is 13.1.